The van der Waals surface area contributed by atoms with E-state index in [1.165, 1.54) is 0 Å². The molecular formula is C16H31KN3O7P. The number of carbonyl (C=O) groups is 3. The van der Waals surface area contributed by atoms with Crippen molar-refractivity contribution in [2.75, 3.05) is 13.2 Å². The van der Waals surface area contributed by atoms with E-state index >= 15 is 0 Å². The summed E-state index contributed by atoms with van der Waals surface area (Å²) in [5, 5.41) is 17.6. The number of carboxylic acids is 1. The molecule has 0 aromatic rings. The second-order valence-corrected chi connectivity index (χ2v) is 8.27. The summed E-state index contributed by atoms with van der Waals surface area (Å²) in [6, 6.07) is -2.06. The van der Waals surface area contributed by atoms with E-state index in [9.17, 15) is 28.9 Å². The van der Waals surface area contributed by atoms with Crippen molar-refractivity contribution in [2.45, 2.75) is 59.5 Å². The Kier molecular flexibility index (Phi) is 16.3. The predicted molar refractivity (Wildman–Crippen MR) is 97.2 cm³/mol. The second kappa shape index (κ2) is 15.0. The molecule has 0 saturated heterocycles. The van der Waals surface area contributed by atoms with E-state index in [0.717, 1.165) is 0 Å². The number of aliphatic carboxylic acids is 1. The van der Waals surface area contributed by atoms with E-state index in [0.29, 0.717) is 6.42 Å². The Labute approximate surface area is 208 Å². The topological polar surface area (TPSA) is 157 Å². The van der Waals surface area contributed by atoms with Crippen molar-refractivity contribution >= 4 is 25.5 Å². The van der Waals surface area contributed by atoms with Crippen molar-refractivity contribution in [1.29, 1.82) is 0 Å². The zero-order valence-corrected chi connectivity index (χ0v) is 21.5. The van der Waals surface area contributed by atoms with Crippen LogP contribution in [0.1, 0.15) is 47.5 Å². The summed E-state index contributed by atoms with van der Waals surface area (Å²) < 4.78 is 16.8. The maximum atomic E-state index is 12.7. The van der Waals surface area contributed by atoms with Gasteiger partial charge in [0.05, 0.1) is 25.2 Å². The molecule has 1 unspecified atom stereocenters. The van der Waals surface area contributed by atoms with Gasteiger partial charge in [-0.2, -0.15) is 0 Å². The van der Waals surface area contributed by atoms with E-state index in [1.807, 2.05) is 20.8 Å². The summed E-state index contributed by atoms with van der Waals surface area (Å²) in [5.74, 6) is -3.05. The maximum absolute atomic E-state index is 12.7. The van der Waals surface area contributed by atoms with Crippen LogP contribution in [0.25, 0.3) is 0 Å². The molecule has 2 amide bonds. The van der Waals surface area contributed by atoms with Gasteiger partial charge < -0.3 is 25.4 Å². The molecule has 0 spiro atoms. The molecule has 28 heavy (non-hydrogen) atoms. The number of hydrogen-bond acceptors (Lipinski definition) is 6. The van der Waals surface area contributed by atoms with Crippen molar-refractivity contribution in [2.24, 2.45) is 11.8 Å². The smallest absolute Gasteiger partial charge is 0.548 e. The van der Waals surface area contributed by atoms with E-state index in [1.54, 1.807) is 13.8 Å². The van der Waals surface area contributed by atoms with Gasteiger partial charge >= 0.3 is 59.1 Å². The van der Waals surface area contributed by atoms with E-state index < -0.39 is 44.2 Å². The minimum absolute atomic E-state index is 0. The summed E-state index contributed by atoms with van der Waals surface area (Å²) >= 11 is 0. The van der Waals surface area contributed by atoms with Gasteiger partial charge in [0.1, 0.15) is 6.04 Å². The first kappa shape index (κ1) is 30.4. The van der Waals surface area contributed by atoms with Crippen molar-refractivity contribution in [3.63, 3.8) is 0 Å². The molecule has 4 N–H and O–H groups in total. The molecule has 0 heterocycles. The van der Waals surface area contributed by atoms with Crippen molar-refractivity contribution in [3.8, 4) is 0 Å². The zero-order valence-electron chi connectivity index (χ0n) is 17.5. The third-order valence-electron chi connectivity index (χ3n) is 3.85. The molecule has 0 aliphatic heterocycles. The maximum Gasteiger partial charge on any atom is 1.00 e. The van der Waals surface area contributed by atoms with Crippen molar-refractivity contribution in [3.05, 3.63) is 0 Å². The molecule has 0 aromatic carbocycles. The average Bonchev–Trinajstić information content (AvgIpc) is 2.55. The molecule has 0 saturated carbocycles. The average molecular weight is 448 g/mol. The molecule has 10 nitrogen and oxygen atoms in total. The van der Waals surface area contributed by atoms with Crippen LogP contribution >= 0.6 is 7.75 Å². The summed E-state index contributed by atoms with van der Waals surface area (Å²) in [6.07, 6.45) is 0.795. The first-order valence-electron chi connectivity index (χ1n) is 8.96. The molecule has 0 bridgehead atoms. The third kappa shape index (κ3) is 12.7. The van der Waals surface area contributed by atoms with Gasteiger partial charge in [-0.25, -0.2) is 9.65 Å². The van der Waals surface area contributed by atoms with Crippen LogP contribution in [0.3, 0.4) is 0 Å². The number of carboxylic acid groups (broad SMARTS) is 1. The number of nitrogens with one attached hydrogen (secondary N) is 3. The first-order chi connectivity index (χ1) is 12.4. The van der Waals surface area contributed by atoms with Gasteiger partial charge in [-0.3, -0.25) is 14.1 Å². The van der Waals surface area contributed by atoms with Crippen LogP contribution in [0.4, 0.5) is 0 Å². The Morgan fingerprint density at radius 3 is 2.14 bits per heavy atom. The molecule has 4 atom stereocenters. The van der Waals surface area contributed by atoms with E-state index in [4.69, 9.17) is 4.52 Å². The summed E-state index contributed by atoms with van der Waals surface area (Å²) in [4.78, 5) is 45.2. The zero-order chi connectivity index (χ0) is 21.2. The number of rotatable bonds is 13. The van der Waals surface area contributed by atoms with Crippen LogP contribution in [-0.4, -0.2) is 47.9 Å². The van der Waals surface area contributed by atoms with Gasteiger partial charge in [-0.05, 0) is 25.2 Å². The first-order valence-corrected chi connectivity index (χ1v) is 10.5. The Balaban J connectivity index is 0. The third-order valence-corrected chi connectivity index (χ3v) is 5.06. The Morgan fingerprint density at radius 1 is 1.14 bits per heavy atom. The summed E-state index contributed by atoms with van der Waals surface area (Å²) in [7, 11) is -4.19. The normalized spacial score (nSPS) is 16.2. The van der Waals surface area contributed by atoms with E-state index in [2.05, 4.69) is 15.7 Å². The molecular weight excluding hydrogens is 416 g/mol. The van der Waals surface area contributed by atoms with Gasteiger partial charge in [0, 0.05) is 0 Å². The van der Waals surface area contributed by atoms with Gasteiger partial charge in [-0.15, -0.1) is 0 Å². The van der Waals surface area contributed by atoms with Crippen LogP contribution < -0.4 is 72.2 Å². The molecule has 0 fully saturated rings. The molecule has 12 heteroatoms. The molecule has 0 aliphatic rings. The fraction of sp³-hybridized carbons (Fsp3) is 0.812. The van der Waals surface area contributed by atoms with Gasteiger partial charge in [0.25, 0.3) is 0 Å². The fourth-order valence-corrected chi connectivity index (χ4v) is 3.46. The molecule has 0 aliphatic carbocycles. The molecule has 0 aromatic heterocycles. The van der Waals surface area contributed by atoms with Gasteiger partial charge in [-0.1, -0.05) is 34.1 Å². The minimum atomic E-state index is -4.19. The van der Waals surface area contributed by atoms with Crippen LogP contribution in [0.2, 0.25) is 0 Å². The SMILES string of the molecule is CCOP(=O)(O)N[C@H](C(=O)N[C@@H](CC(C)C)C(=O)NCC(=O)[O-])[C@@H](C)CC.[K+]. The number of amides is 2. The molecule has 158 valence electrons. The summed E-state index contributed by atoms with van der Waals surface area (Å²) in [6.45, 7) is 8.07. The van der Waals surface area contributed by atoms with Crippen LogP contribution in [0.15, 0.2) is 0 Å². The van der Waals surface area contributed by atoms with E-state index in [-0.39, 0.29) is 76.2 Å². The summed E-state index contributed by atoms with van der Waals surface area (Å²) in [5.41, 5.74) is 0. The minimum Gasteiger partial charge on any atom is -0.548 e. The van der Waals surface area contributed by atoms with Crippen LogP contribution in [-0.2, 0) is 23.5 Å². The Bertz CT molecular complexity index is 562. The predicted octanol–water partition coefficient (Wildman–Crippen LogP) is -3.47. The standard InChI is InChI=1S/C16H32N3O7P.K/c1-6-11(5)14(19-27(24,25)26-7-2)16(23)18-12(8-10(3)4)15(22)17-9-13(20)21;/h10-12,14H,6-9H2,1-5H3,(H,17,22)(H,18,23)(H,20,21)(H2,19,24,25);/q;+1/p-1/t11-,12-,14-;/m0./s1. The van der Waals surface area contributed by atoms with Crippen LogP contribution in [0.5, 0.6) is 0 Å². The molecule has 0 rings (SSSR count). The van der Waals surface area contributed by atoms with Gasteiger partial charge in [0.2, 0.25) is 11.8 Å². The van der Waals surface area contributed by atoms with Crippen molar-refractivity contribution in [1.82, 2.24) is 15.7 Å². The largest absolute Gasteiger partial charge is 1.00 e. The monoisotopic (exact) mass is 447 g/mol. The van der Waals surface area contributed by atoms with Crippen LogP contribution in [0, 0.1) is 11.8 Å². The second-order valence-electron chi connectivity index (χ2n) is 6.71. The molecule has 0 radical (unpaired) electrons. The Morgan fingerprint density at radius 2 is 1.71 bits per heavy atom. The quantitative estimate of drug-likeness (QED) is 0.168. The van der Waals surface area contributed by atoms with Crippen molar-refractivity contribution < 1.29 is 84.9 Å². The number of hydrogen-bond donors (Lipinski definition) is 4. The number of carbonyl (C=O) groups excluding carboxylic acids is 3. The Hall–Kier alpha value is 0.156. The fourth-order valence-electron chi connectivity index (χ4n) is 2.31. The van der Waals surface area contributed by atoms with Gasteiger partial charge in [0.15, 0.2) is 0 Å².